The molecule has 0 atom stereocenters. The van der Waals surface area contributed by atoms with Gasteiger partial charge in [0.2, 0.25) is 5.95 Å². The lowest BCUT2D eigenvalue weighted by Crippen LogP contribution is -2.37. The first kappa shape index (κ1) is 16.6. The number of methoxy groups -OCH3 is 1. The van der Waals surface area contributed by atoms with Crippen molar-refractivity contribution in [2.45, 2.75) is 6.42 Å². The van der Waals surface area contributed by atoms with E-state index in [-0.39, 0.29) is 0 Å². The summed E-state index contributed by atoms with van der Waals surface area (Å²) in [6.45, 7) is 5.58. The van der Waals surface area contributed by atoms with E-state index in [1.807, 2.05) is 24.3 Å². The zero-order valence-corrected chi connectivity index (χ0v) is 13.9. The Hall–Kier alpha value is -2.25. The summed E-state index contributed by atoms with van der Waals surface area (Å²) in [7, 11) is 1.65. The highest BCUT2D eigenvalue weighted by atomic mass is 16.5. The molecule has 1 aliphatic heterocycles. The molecule has 1 N–H and O–H groups in total. The molecule has 2 heterocycles. The normalized spacial score (nSPS) is 15.2. The molecule has 0 saturated carbocycles. The Morgan fingerprint density at radius 3 is 3.00 bits per heavy atom. The minimum atomic E-state index is 0.553. The summed E-state index contributed by atoms with van der Waals surface area (Å²) in [6, 6.07) is 7.76. The van der Waals surface area contributed by atoms with Crippen LogP contribution in [0.4, 0.5) is 5.95 Å². The van der Waals surface area contributed by atoms with Crippen LogP contribution < -0.4 is 10.1 Å². The molecular weight excluding hydrogens is 306 g/mol. The fourth-order valence-corrected chi connectivity index (χ4v) is 2.63. The Kier molecular flexibility index (Phi) is 5.92. The van der Waals surface area contributed by atoms with E-state index in [9.17, 15) is 0 Å². The molecule has 2 aromatic rings. The molecule has 128 valence electrons. The van der Waals surface area contributed by atoms with Crippen molar-refractivity contribution in [3.8, 4) is 17.0 Å². The van der Waals surface area contributed by atoms with Crippen LogP contribution in [0.15, 0.2) is 30.5 Å². The Morgan fingerprint density at radius 1 is 1.29 bits per heavy atom. The Bertz CT molecular complexity index is 646. The maximum Gasteiger partial charge on any atom is 0.243 e. The van der Waals surface area contributed by atoms with Crippen LogP contribution in [0, 0.1) is 0 Å². The van der Waals surface area contributed by atoms with Crippen LogP contribution >= 0.6 is 0 Å². The molecule has 1 fully saturated rings. The van der Waals surface area contributed by atoms with Gasteiger partial charge in [0.05, 0.1) is 32.2 Å². The first-order valence-corrected chi connectivity index (χ1v) is 8.23. The molecule has 0 radical (unpaired) electrons. The van der Waals surface area contributed by atoms with Crippen LogP contribution in [0.2, 0.25) is 0 Å². The van der Waals surface area contributed by atoms with E-state index in [2.05, 4.69) is 25.4 Å². The van der Waals surface area contributed by atoms with E-state index < -0.39 is 0 Å². The third-order valence-corrected chi connectivity index (χ3v) is 3.96. The van der Waals surface area contributed by atoms with Crippen LogP contribution in [-0.4, -0.2) is 66.6 Å². The van der Waals surface area contributed by atoms with Gasteiger partial charge >= 0.3 is 0 Å². The number of rotatable bonds is 7. The molecule has 1 saturated heterocycles. The summed E-state index contributed by atoms with van der Waals surface area (Å²) in [5.41, 5.74) is 1.74. The van der Waals surface area contributed by atoms with Crippen molar-refractivity contribution < 1.29 is 9.47 Å². The maximum atomic E-state index is 5.35. The highest BCUT2D eigenvalue weighted by molar-refractivity contribution is 5.61. The largest absolute Gasteiger partial charge is 0.497 e. The van der Waals surface area contributed by atoms with Gasteiger partial charge in [0, 0.05) is 25.2 Å². The van der Waals surface area contributed by atoms with Crippen LogP contribution in [0.3, 0.4) is 0 Å². The Balaban J connectivity index is 1.53. The Labute approximate surface area is 142 Å². The van der Waals surface area contributed by atoms with Crippen LogP contribution in [0.1, 0.15) is 6.42 Å². The number of benzene rings is 1. The first-order chi connectivity index (χ1) is 11.8. The zero-order valence-electron chi connectivity index (χ0n) is 13.9. The third-order valence-electron chi connectivity index (χ3n) is 3.96. The highest BCUT2D eigenvalue weighted by Crippen LogP contribution is 2.21. The van der Waals surface area contributed by atoms with Crippen molar-refractivity contribution >= 4 is 5.95 Å². The lowest BCUT2D eigenvalue weighted by Gasteiger charge is -2.26. The fraction of sp³-hybridized carbons (Fsp3) is 0.471. The second kappa shape index (κ2) is 8.56. The highest BCUT2D eigenvalue weighted by Gasteiger charge is 2.09. The molecule has 0 spiro atoms. The number of nitrogens with one attached hydrogen (secondary N) is 1. The number of hydrogen-bond donors (Lipinski definition) is 1. The summed E-state index contributed by atoms with van der Waals surface area (Å²) in [6.07, 6.45) is 2.69. The summed E-state index contributed by atoms with van der Waals surface area (Å²) in [5, 5.41) is 11.3. The number of hydrogen-bond acceptors (Lipinski definition) is 7. The molecule has 1 aromatic carbocycles. The van der Waals surface area contributed by atoms with Crippen LogP contribution in [-0.2, 0) is 4.74 Å². The van der Waals surface area contributed by atoms with Gasteiger partial charge in [0.1, 0.15) is 5.75 Å². The van der Waals surface area contributed by atoms with Crippen molar-refractivity contribution in [3.63, 3.8) is 0 Å². The predicted molar refractivity (Wildman–Crippen MR) is 92.2 cm³/mol. The van der Waals surface area contributed by atoms with Crippen molar-refractivity contribution in [2.75, 3.05) is 51.8 Å². The molecule has 0 bridgehead atoms. The van der Waals surface area contributed by atoms with Gasteiger partial charge in [-0.05, 0) is 25.1 Å². The molecule has 24 heavy (non-hydrogen) atoms. The second-order valence-electron chi connectivity index (χ2n) is 5.63. The molecule has 1 aliphatic rings. The number of nitrogens with zero attached hydrogens (tertiary/aromatic N) is 4. The van der Waals surface area contributed by atoms with Gasteiger partial charge in [-0.15, -0.1) is 5.10 Å². The van der Waals surface area contributed by atoms with Gasteiger partial charge < -0.3 is 14.8 Å². The number of anilines is 1. The van der Waals surface area contributed by atoms with Crippen molar-refractivity contribution in [1.82, 2.24) is 20.1 Å². The smallest absolute Gasteiger partial charge is 0.243 e. The van der Waals surface area contributed by atoms with E-state index in [0.717, 1.165) is 62.8 Å². The molecule has 0 aliphatic carbocycles. The summed E-state index contributed by atoms with van der Waals surface area (Å²) in [5.74, 6) is 1.35. The van der Waals surface area contributed by atoms with E-state index in [1.54, 1.807) is 13.3 Å². The van der Waals surface area contributed by atoms with Gasteiger partial charge in [0.25, 0.3) is 0 Å². The van der Waals surface area contributed by atoms with Gasteiger partial charge in [-0.2, -0.15) is 5.10 Å². The van der Waals surface area contributed by atoms with Gasteiger partial charge in [-0.1, -0.05) is 12.1 Å². The standard InChI is InChI=1S/C17H23N5O2/c1-23-15-5-2-4-14(12-15)16-13-19-21-17(20-16)18-6-3-7-22-8-10-24-11-9-22/h2,4-5,12-13H,3,6-11H2,1H3,(H,18,20,21). The third kappa shape index (κ3) is 4.62. The number of aromatic nitrogens is 3. The van der Waals surface area contributed by atoms with Gasteiger partial charge in [-0.25, -0.2) is 4.98 Å². The van der Waals surface area contributed by atoms with Crippen molar-refractivity contribution in [1.29, 1.82) is 0 Å². The predicted octanol–water partition coefficient (Wildman–Crippen LogP) is 1.68. The molecule has 3 rings (SSSR count). The zero-order chi connectivity index (χ0) is 16.6. The average Bonchev–Trinajstić information content (AvgIpc) is 2.66. The first-order valence-electron chi connectivity index (χ1n) is 8.23. The quantitative estimate of drug-likeness (QED) is 0.775. The lowest BCUT2D eigenvalue weighted by molar-refractivity contribution is 0.0378. The lowest BCUT2D eigenvalue weighted by atomic mass is 10.1. The van der Waals surface area contributed by atoms with Crippen LogP contribution in [0.25, 0.3) is 11.3 Å². The summed E-state index contributed by atoms with van der Waals surface area (Å²) >= 11 is 0. The van der Waals surface area contributed by atoms with Gasteiger partial charge in [0.15, 0.2) is 0 Å². The Morgan fingerprint density at radius 2 is 2.17 bits per heavy atom. The molecular formula is C17H23N5O2. The van der Waals surface area contributed by atoms with E-state index >= 15 is 0 Å². The molecule has 7 nitrogen and oxygen atoms in total. The number of morpholine rings is 1. The van der Waals surface area contributed by atoms with E-state index in [0.29, 0.717) is 5.95 Å². The molecule has 0 unspecified atom stereocenters. The average molecular weight is 329 g/mol. The van der Waals surface area contributed by atoms with Gasteiger partial charge in [-0.3, -0.25) is 4.90 Å². The SMILES string of the molecule is COc1cccc(-c2cnnc(NCCCN3CCOCC3)n2)c1. The monoisotopic (exact) mass is 329 g/mol. The topological polar surface area (TPSA) is 72.4 Å². The van der Waals surface area contributed by atoms with E-state index in [1.165, 1.54) is 0 Å². The molecule has 0 amide bonds. The second-order valence-corrected chi connectivity index (χ2v) is 5.63. The summed E-state index contributed by atoms with van der Waals surface area (Å²) in [4.78, 5) is 6.94. The minimum Gasteiger partial charge on any atom is -0.497 e. The summed E-state index contributed by atoms with van der Waals surface area (Å²) < 4.78 is 10.6. The molecule has 7 heteroatoms. The maximum absolute atomic E-state index is 5.35. The number of ether oxygens (including phenoxy) is 2. The minimum absolute atomic E-state index is 0.553. The van der Waals surface area contributed by atoms with Crippen LogP contribution in [0.5, 0.6) is 5.75 Å². The van der Waals surface area contributed by atoms with Crippen molar-refractivity contribution in [3.05, 3.63) is 30.5 Å². The van der Waals surface area contributed by atoms with E-state index in [4.69, 9.17) is 9.47 Å². The molecule has 1 aromatic heterocycles. The van der Waals surface area contributed by atoms with Crippen molar-refractivity contribution in [2.24, 2.45) is 0 Å². The fourth-order valence-electron chi connectivity index (χ4n) is 2.63.